The van der Waals surface area contributed by atoms with Crippen LogP contribution in [0.25, 0.3) is 28.2 Å². The van der Waals surface area contributed by atoms with Crippen molar-refractivity contribution in [3.8, 4) is 11.1 Å². The summed E-state index contributed by atoms with van der Waals surface area (Å²) >= 11 is 0. The Morgan fingerprint density at radius 3 is 2.20 bits per heavy atom. The molecule has 2 heteroatoms. The van der Waals surface area contributed by atoms with Gasteiger partial charge in [-0.25, -0.2) is 0 Å². The maximum absolute atomic E-state index is 12.3. The Hall–Kier alpha value is -3.39. The average Bonchev–Trinajstić information content (AvgIpc) is 3.11. The number of hydrogen-bond donors (Lipinski definition) is 0. The van der Waals surface area contributed by atoms with Crippen LogP contribution in [0.2, 0.25) is 0 Å². The molecule has 4 rings (SSSR count). The number of allylic oxidation sites excluding steroid dienone is 1. The lowest BCUT2D eigenvalue weighted by Gasteiger charge is -2.01. The second kappa shape index (κ2) is 6.62. The molecule has 0 amide bonds. The molecule has 0 saturated carbocycles. The highest BCUT2D eigenvalue weighted by atomic mass is 16.3. The molecule has 0 bridgehead atoms. The molecule has 0 saturated heterocycles. The smallest absolute Gasteiger partial charge is 0.221 e. The molecule has 120 valence electrons. The minimum atomic E-state index is -0.136. The van der Waals surface area contributed by atoms with E-state index < -0.39 is 0 Å². The van der Waals surface area contributed by atoms with Crippen LogP contribution in [-0.2, 0) is 0 Å². The van der Waals surface area contributed by atoms with Crippen LogP contribution in [0.15, 0.2) is 95.4 Å². The number of fused-ring (bicyclic) bond motifs is 1. The van der Waals surface area contributed by atoms with Gasteiger partial charge in [0.1, 0.15) is 5.58 Å². The summed E-state index contributed by atoms with van der Waals surface area (Å²) in [7, 11) is 0. The fraction of sp³-hybridized carbons (Fsp3) is 0. The van der Waals surface area contributed by atoms with Gasteiger partial charge in [-0.05, 0) is 34.9 Å². The first-order valence-electron chi connectivity index (χ1n) is 8.16. The van der Waals surface area contributed by atoms with Gasteiger partial charge in [-0.15, -0.1) is 0 Å². The highest BCUT2D eigenvalue weighted by molar-refractivity contribution is 6.06. The van der Waals surface area contributed by atoms with Crippen molar-refractivity contribution in [3.63, 3.8) is 0 Å². The van der Waals surface area contributed by atoms with Crippen LogP contribution in [0.3, 0.4) is 0 Å². The van der Waals surface area contributed by atoms with Crippen molar-refractivity contribution in [1.29, 1.82) is 0 Å². The maximum Gasteiger partial charge on any atom is 0.221 e. The number of para-hydroxylation sites is 1. The second-order valence-electron chi connectivity index (χ2n) is 5.83. The molecule has 0 spiro atoms. The Balaban J connectivity index is 1.52. The molecule has 4 aromatic rings. The van der Waals surface area contributed by atoms with E-state index in [1.807, 2.05) is 60.7 Å². The van der Waals surface area contributed by atoms with Gasteiger partial charge in [0.15, 0.2) is 5.76 Å². The predicted octanol–water partition coefficient (Wildman–Crippen LogP) is 6.00. The number of carbonyl (C=O) groups excluding carboxylic acids is 1. The van der Waals surface area contributed by atoms with Gasteiger partial charge in [0.2, 0.25) is 5.78 Å². The van der Waals surface area contributed by atoms with Gasteiger partial charge in [-0.3, -0.25) is 4.79 Å². The van der Waals surface area contributed by atoms with Crippen molar-refractivity contribution in [2.24, 2.45) is 0 Å². The Morgan fingerprint density at radius 1 is 0.760 bits per heavy atom. The molecule has 0 fully saturated rings. The number of benzene rings is 3. The monoisotopic (exact) mass is 324 g/mol. The fourth-order valence-electron chi connectivity index (χ4n) is 2.77. The summed E-state index contributed by atoms with van der Waals surface area (Å²) in [5, 5.41) is 0.937. The van der Waals surface area contributed by atoms with Gasteiger partial charge in [-0.1, -0.05) is 78.9 Å². The van der Waals surface area contributed by atoms with E-state index in [0.29, 0.717) is 5.76 Å². The number of hydrogen-bond acceptors (Lipinski definition) is 2. The first-order chi connectivity index (χ1) is 12.3. The fourth-order valence-corrected chi connectivity index (χ4v) is 2.77. The third-order valence-electron chi connectivity index (χ3n) is 4.11. The third-order valence-corrected chi connectivity index (χ3v) is 4.11. The second-order valence-corrected chi connectivity index (χ2v) is 5.83. The van der Waals surface area contributed by atoms with Crippen LogP contribution < -0.4 is 0 Å². The molecule has 0 atom stereocenters. The predicted molar refractivity (Wildman–Crippen MR) is 101 cm³/mol. The quantitative estimate of drug-likeness (QED) is 0.340. The number of ketones is 1. The lowest BCUT2D eigenvalue weighted by molar-refractivity contribution is 0.102. The van der Waals surface area contributed by atoms with Gasteiger partial charge in [0, 0.05) is 5.39 Å². The number of carbonyl (C=O) groups is 1. The molecule has 0 aliphatic carbocycles. The standard InChI is InChI=1S/C23H16O2/c24-21(23-16-20-8-4-5-9-22(20)25-23)15-12-17-10-13-19(14-11-17)18-6-2-1-3-7-18/h1-16H/b15-12+. The van der Waals surface area contributed by atoms with E-state index in [-0.39, 0.29) is 5.78 Å². The van der Waals surface area contributed by atoms with Crippen molar-refractivity contribution in [3.05, 3.63) is 102 Å². The van der Waals surface area contributed by atoms with Gasteiger partial charge >= 0.3 is 0 Å². The first kappa shape index (κ1) is 15.2. The van der Waals surface area contributed by atoms with Gasteiger partial charge < -0.3 is 4.42 Å². The largest absolute Gasteiger partial charge is 0.453 e. The zero-order valence-corrected chi connectivity index (χ0v) is 13.6. The van der Waals surface area contributed by atoms with Crippen molar-refractivity contribution in [1.82, 2.24) is 0 Å². The lowest BCUT2D eigenvalue weighted by Crippen LogP contribution is -1.90. The molecule has 0 unspecified atom stereocenters. The molecule has 0 radical (unpaired) electrons. The molecular weight excluding hydrogens is 308 g/mol. The van der Waals surface area contributed by atoms with E-state index in [0.717, 1.165) is 22.1 Å². The van der Waals surface area contributed by atoms with Gasteiger partial charge in [0.05, 0.1) is 0 Å². The highest BCUT2D eigenvalue weighted by Crippen LogP contribution is 2.21. The average molecular weight is 324 g/mol. The van der Waals surface area contributed by atoms with Crippen molar-refractivity contribution in [2.75, 3.05) is 0 Å². The Bertz CT molecular complexity index is 1010. The summed E-state index contributed by atoms with van der Waals surface area (Å²) in [5.41, 5.74) is 4.04. The molecular formula is C23H16O2. The van der Waals surface area contributed by atoms with E-state index in [1.54, 1.807) is 12.1 Å². The normalized spacial score (nSPS) is 11.2. The van der Waals surface area contributed by atoms with Crippen LogP contribution >= 0.6 is 0 Å². The molecule has 1 aromatic heterocycles. The minimum absolute atomic E-state index is 0.136. The van der Waals surface area contributed by atoms with E-state index in [4.69, 9.17) is 4.42 Å². The Kier molecular flexibility index (Phi) is 4.01. The first-order valence-corrected chi connectivity index (χ1v) is 8.16. The minimum Gasteiger partial charge on any atom is -0.453 e. The zero-order valence-electron chi connectivity index (χ0n) is 13.6. The Morgan fingerprint density at radius 2 is 1.44 bits per heavy atom. The van der Waals surface area contributed by atoms with Crippen LogP contribution in [0.4, 0.5) is 0 Å². The van der Waals surface area contributed by atoms with Crippen LogP contribution in [0.5, 0.6) is 0 Å². The van der Waals surface area contributed by atoms with Crippen molar-refractivity contribution in [2.45, 2.75) is 0 Å². The van der Waals surface area contributed by atoms with Crippen LogP contribution in [0, 0.1) is 0 Å². The molecule has 0 aliphatic rings. The van der Waals surface area contributed by atoms with Crippen molar-refractivity contribution >= 4 is 22.8 Å². The lowest BCUT2D eigenvalue weighted by atomic mass is 10.0. The summed E-state index contributed by atoms with van der Waals surface area (Å²) in [6.07, 6.45) is 3.36. The van der Waals surface area contributed by atoms with Crippen LogP contribution in [-0.4, -0.2) is 5.78 Å². The van der Waals surface area contributed by atoms with E-state index in [9.17, 15) is 4.79 Å². The highest BCUT2D eigenvalue weighted by Gasteiger charge is 2.08. The molecule has 0 aliphatic heterocycles. The summed E-state index contributed by atoms with van der Waals surface area (Å²) < 4.78 is 5.59. The maximum atomic E-state index is 12.3. The molecule has 25 heavy (non-hydrogen) atoms. The topological polar surface area (TPSA) is 30.2 Å². The van der Waals surface area contributed by atoms with E-state index in [2.05, 4.69) is 24.3 Å². The summed E-state index contributed by atoms with van der Waals surface area (Å²) in [5.74, 6) is 0.224. The molecule has 3 aromatic carbocycles. The third kappa shape index (κ3) is 3.29. The van der Waals surface area contributed by atoms with E-state index >= 15 is 0 Å². The summed E-state index contributed by atoms with van der Waals surface area (Å²) in [4.78, 5) is 12.3. The van der Waals surface area contributed by atoms with Gasteiger partial charge in [0.25, 0.3) is 0 Å². The summed E-state index contributed by atoms with van der Waals surface area (Å²) in [6, 6.07) is 27.7. The Labute approximate surface area is 146 Å². The molecule has 0 N–H and O–H groups in total. The number of furan rings is 1. The van der Waals surface area contributed by atoms with E-state index in [1.165, 1.54) is 5.56 Å². The molecule has 2 nitrogen and oxygen atoms in total. The number of rotatable bonds is 4. The van der Waals surface area contributed by atoms with Gasteiger partial charge in [-0.2, -0.15) is 0 Å². The molecule has 1 heterocycles. The van der Waals surface area contributed by atoms with Crippen molar-refractivity contribution < 1.29 is 9.21 Å². The zero-order chi connectivity index (χ0) is 17.1. The SMILES string of the molecule is O=C(/C=C/c1ccc(-c2ccccc2)cc1)c1cc2ccccc2o1. The summed E-state index contributed by atoms with van der Waals surface area (Å²) in [6.45, 7) is 0. The van der Waals surface area contributed by atoms with Crippen LogP contribution in [0.1, 0.15) is 16.1 Å².